The molecule has 29 heavy (non-hydrogen) atoms. The number of carbonyl (C=O) groups is 1. The number of aryl methyl sites for hydroxylation is 1. The summed E-state index contributed by atoms with van der Waals surface area (Å²) in [7, 11) is 0. The standard InChI is InChI=1S/C23H19F2N3O/c1-14-4-2-5-15(12-14)9-11-26-19-8-7-18(24)20(21(19)25)22(29)17-13-28-23-16(17)6-3-10-27-23/h2-8,10,12-13,26H,9,11H2,1H3,(H,27,28). The average molecular weight is 391 g/mol. The third-order valence-electron chi connectivity index (χ3n) is 4.83. The van der Waals surface area contributed by atoms with Crippen LogP contribution in [-0.4, -0.2) is 22.3 Å². The molecule has 0 spiro atoms. The van der Waals surface area contributed by atoms with Gasteiger partial charge in [-0.15, -0.1) is 0 Å². The van der Waals surface area contributed by atoms with E-state index in [2.05, 4.69) is 21.4 Å². The van der Waals surface area contributed by atoms with Crippen molar-refractivity contribution in [1.29, 1.82) is 0 Å². The topological polar surface area (TPSA) is 57.8 Å². The van der Waals surface area contributed by atoms with E-state index >= 15 is 4.39 Å². The van der Waals surface area contributed by atoms with Crippen LogP contribution in [-0.2, 0) is 6.42 Å². The van der Waals surface area contributed by atoms with Gasteiger partial charge in [0.1, 0.15) is 11.5 Å². The van der Waals surface area contributed by atoms with Crippen molar-refractivity contribution in [2.24, 2.45) is 0 Å². The molecule has 2 heterocycles. The molecule has 0 saturated heterocycles. The van der Waals surface area contributed by atoms with Crippen LogP contribution in [0, 0.1) is 18.6 Å². The molecule has 2 aromatic heterocycles. The summed E-state index contributed by atoms with van der Waals surface area (Å²) in [6.45, 7) is 2.46. The Morgan fingerprint density at radius 1 is 1.14 bits per heavy atom. The summed E-state index contributed by atoms with van der Waals surface area (Å²) in [6.07, 6.45) is 3.68. The lowest BCUT2D eigenvalue weighted by molar-refractivity contribution is 0.103. The molecule has 0 aliphatic rings. The molecule has 6 heteroatoms. The highest BCUT2D eigenvalue weighted by atomic mass is 19.1. The second-order valence-electron chi connectivity index (χ2n) is 6.88. The van der Waals surface area contributed by atoms with Gasteiger partial charge in [-0.2, -0.15) is 0 Å². The quantitative estimate of drug-likeness (QED) is 0.453. The number of aromatic amines is 1. The molecule has 4 aromatic rings. The Labute approximate surface area is 166 Å². The Morgan fingerprint density at radius 2 is 2.00 bits per heavy atom. The highest BCUT2D eigenvalue weighted by Gasteiger charge is 2.24. The summed E-state index contributed by atoms with van der Waals surface area (Å²) < 4.78 is 29.4. The van der Waals surface area contributed by atoms with Gasteiger partial charge in [0.15, 0.2) is 5.82 Å². The van der Waals surface area contributed by atoms with Crippen molar-refractivity contribution in [3.63, 3.8) is 0 Å². The minimum Gasteiger partial charge on any atom is -0.382 e. The molecule has 0 fully saturated rings. The van der Waals surface area contributed by atoms with E-state index in [1.807, 2.05) is 25.1 Å². The van der Waals surface area contributed by atoms with Crippen molar-refractivity contribution in [1.82, 2.24) is 9.97 Å². The zero-order chi connectivity index (χ0) is 20.4. The predicted molar refractivity (Wildman–Crippen MR) is 109 cm³/mol. The molecule has 2 N–H and O–H groups in total. The van der Waals surface area contributed by atoms with Crippen molar-refractivity contribution in [2.45, 2.75) is 13.3 Å². The van der Waals surface area contributed by atoms with E-state index in [9.17, 15) is 9.18 Å². The monoisotopic (exact) mass is 391 g/mol. The normalized spacial score (nSPS) is 11.0. The predicted octanol–water partition coefficient (Wildman–Crippen LogP) is 5.04. The Hall–Kier alpha value is -3.54. The highest BCUT2D eigenvalue weighted by molar-refractivity contribution is 6.16. The number of fused-ring (bicyclic) bond motifs is 1. The van der Waals surface area contributed by atoms with Crippen LogP contribution in [0.4, 0.5) is 14.5 Å². The first-order chi connectivity index (χ1) is 14.0. The molecule has 0 aliphatic heterocycles. The van der Waals surface area contributed by atoms with Gasteiger partial charge in [0.25, 0.3) is 0 Å². The van der Waals surface area contributed by atoms with Gasteiger partial charge in [0.2, 0.25) is 5.78 Å². The molecule has 0 unspecified atom stereocenters. The highest BCUT2D eigenvalue weighted by Crippen LogP contribution is 2.26. The number of anilines is 1. The summed E-state index contributed by atoms with van der Waals surface area (Å²) in [5, 5.41) is 3.49. The number of ketones is 1. The van der Waals surface area contributed by atoms with E-state index in [0.29, 0.717) is 24.0 Å². The number of nitrogens with zero attached hydrogens (tertiary/aromatic N) is 1. The summed E-state index contributed by atoms with van der Waals surface area (Å²) in [6, 6.07) is 13.8. The lowest BCUT2D eigenvalue weighted by Gasteiger charge is -2.11. The second-order valence-corrected chi connectivity index (χ2v) is 6.88. The van der Waals surface area contributed by atoms with Crippen LogP contribution in [0.1, 0.15) is 27.0 Å². The molecule has 0 amide bonds. The van der Waals surface area contributed by atoms with E-state index in [1.165, 1.54) is 12.3 Å². The first-order valence-corrected chi connectivity index (χ1v) is 9.29. The van der Waals surface area contributed by atoms with Gasteiger partial charge in [-0.1, -0.05) is 29.8 Å². The van der Waals surface area contributed by atoms with Crippen LogP contribution in [0.5, 0.6) is 0 Å². The fourth-order valence-corrected chi connectivity index (χ4v) is 3.38. The number of hydrogen-bond acceptors (Lipinski definition) is 3. The minimum absolute atomic E-state index is 0.0976. The van der Waals surface area contributed by atoms with Gasteiger partial charge in [-0.05, 0) is 43.2 Å². The number of H-pyrrole nitrogens is 1. The molecule has 0 atom stereocenters. The lowest BCUT2D eigenvalue weighted by atomic mass is 10.0. The number of pyridine rings is 1. The van der Waals surface area contributed by atoms with E-state index < -0.39 is 23.0 Å². The summed E-state index contributed by atoms with van der Waals surface area (Å²) in [4.78, 5) is 19.9. The van der Waals surface area contributed by atoms with Gasteiger partial charge in [-0.25, -0.2) is 13.8 Å². The number of nitrogens with one attached hydrogen (secondary N) is 2. The van der Waals surface area contributed by atoms with Crippen molar-refractivity contribution >= 4 is 22.5 Å². The number of benzene rings is 2. The maximum absolute atomic E-state index is 15.0. The molecular formula is C23H19F2N3O. The average Bonchev–Trinajstić information content (AvgIpc) is 3.14. The van der Waals surface area contributed by atoms with Gasteiger partial charge in [-0.3, -0.25) is 4.79 Å². The molecule has 2 aromatic carbocycles. The fourth-order valence-electron chi connectivity index (χ4n) is 3.38. The smallest absolute Gasteiger partial charge is 0.201 e. The Morgan fingerprint density at radius 3 is 2.83 bits per heavy atom. The third-order valence-corrected chi connectivity index (χ3v) is 4.83. The fraction of sp³-hybridized carbons (Fsp3) is 0.130. The molecule has 4 rings (SSSR count). The van der Waals surface area contributed by atoms with Crippen molar-refractivity contribution in [2.75, 3.05) is 11.9 Å². The number of hydrogen-bond donors (Lipinski definition) is 2. The molecule has 0 aliphatic carbocycles. The van der Waals surface area contributed by atoms with E-state index in [1.54, 1.807) is 18.3 Å². The zero-order valence-corrected chi connectivity index (χ0v) is 15.8. The van der Waals surface area contributed by atoms with E-state index in [-0.39, 0.29) is 11.3 Å². The van der Waals surface area contributed by atoms with Crippen LogP contribution in [0.25, 0.3) is 11.0 Å². The SMILES string of the molecule is Cc1cccc(CCNc2ccc(F)c(C(=O)c3c[nH]c4ncccc34)c2F)c1. The maximum atomic E-state index is 15.0. The molecule has 0 bridgehead atoms. The van der Waals surface area contributed by atoms with Gasteiger partial charge < -0.3 is 10.3 Å². The zero-order valence-electron chi connectivity index (χ0n) is 15.8. The van der Waals surface area contributed by atoms with Gasteiger partial charge >= 0.3 is 0 Å². The first-order valence-electron chi connectivity index (χ1n) is 9.29. The Bertz CT molecular complexity index is 1200. The number of carbonyl (C=O) groups excluding carboxylic acids is 1. The van der Waals surface area contributed by atoms with E-state index in [0.717, 1.165) is 17.2 Å². The second kappa shape index (κ2) is 7.83. The van der Waals surface area contributed by atoms with E-state index in [4.69, 9.17) is 0 Å². The Kier molecular flexibility index (Phi) is 5.08. The van der Waals surface area contributed by atoms with Crippen molar-refractivity contribution in [3.8, 4) is 0 Å². The molecule has 0 saturated carbocycles. The first kappa shape index (κ1) is 18.8. The Balaban J connectivity index is 1.59. The van der Waals surface area contributed by atoms with Crippen molar-refractivity contribution in [3.05, 3.63) is 94.8 Å². The number of halogens is 2. The number of aromatic nitrogens is 2. The summed E-state index contributed by atoms with van der Waals surface area (Å²) in [5.41, 5.74) is 2.46. The minimum atomic E-state index is -0.894. The van der Waals surface area contributed by atoms with Crippen LogP contribution in [0.15, 0.2) is 60.9 Å². The molecule has 0 radical (unpaired) electrons. The van der Waals surface area contributed by atoms with Crippen LogP contribution in [0.2, 0.25) is 0 Å². The van der Waals surface area contributed by atoms with Gasteiger partial charge in [0, 0.05) is 29.9 Å². The third kappa shape index (κ3) is 3.74. The number of rotatable bonds is 6. The van der Waals surface area contributed by atoms with Crippen LogP contribution < -0.4 is 5.32 Å². The molecule has 4 nitrogen and oxygen atoms in total. The molecule has 146 valence electrons. The van der Waals surface area contributed by atoms with Crippen molar-refractivity contribution < 1.29 is 13.6 Å². The largest absolute Gasteiger partial charge is 0.382 e. The maximum Gasteiger partial charge on any atom is 0.201 e. The van der Waals surface area contributed by atoms with Gasteiger partial charge in [0.05, 0.1) is 11.3 Å². The summed E-state index contributed by atoms with van der Waals surface area (Å²) in [5.74, 6) is -2.51. The van der Waals surface area contributed by atoms with Crippen LogP contribution in [0.3, 0.4) is 0 Å². The molecular weight excluding hydrogens is 372 g/mol. The summed E-state index contributed by atoms with van der Waals surface area (Å²) >= 11 is 0. The lowest BCUT2D eigenvalue weighted by Crippen LogP contribution is -2.12. The van der Waals surface area contributed by atoms with Crippen LogP contribution >= 0.6 is 0 Å².